The summed E-state index contributed by atoms with van der Waals surface area (Å²) in [6.45, 7) is 5.35. The zero-order chi connectivity index (χ0) is 29.2. The second kappa shape index (κ2) is 11.3. The first-order chi connectivity index (χ1) is 18.9. The Labute approximate surface area is 230 Å². The average molecular weight is 551 g/mol. The minimum absolute atomic E-state index is 0.0107. The Morgan fingerprint density at radius 3 is 2.05 bits per heavy atom. The number of hydrogen-bond acceptors (Lipinski definition) is 6. The molecule has 2 unspecified atom stereocenters. The van der Waals surface area contributed by atoms with E-state index in [4.69, 9.17) is 9.47 Å². The Bertz CT molecular complexity index is 1460. The number of benzene rings is 3. The van der Waals surface area contributed by atoms with Crippen LogP contribution in [0.3, 0.4) is 0 Å². The second-order valence-electron chi connectivity index (χ2n) is 9.44. The minimum Gasteiger partial charge on any atom is -0.451 e. The number of nitrogens with zero attached hydrogens (tertiary/aromatic N) is 2. The molecular weight excluding hydrogens is 522 g/mol. The summed E-state index contributed by atoms with van der Waals surface area (Å²) in [5.41, 5.74) is 2.03. The fourth-order valence-electron chi connectivity index (χ4n) is 4.78. The zero-order valence-corrected chi connectivity index (χ0v) is 22.4. The average Bonchev–Trinajstić information content (AvgIpc) is 2.96. The molecule has 40 heavy (non-hydrogen) atoms. The van der Waals surface area contributed by atoms with E-state index in [0.717, 1.165) is 24.3 Å². The van der Waals surface area contributed by atoms with E-state index in [-0.39, 0.29) is 22.7 Å². The molecule has 3 aromatic carbocycles. The Hall–Kier alpha value is -4.60. The second-order valence-corrected chi connectivity index (χ2v) is 9.44. The molecule has 1 aliphatic heterocycles. The third kappa shape index (κ3) is 5.70. The number of ether oxygens (including phenoxy) is 2. The van der Waals surface area contributed by atoms with Gasteiger partial charge in [0.1, 0.15) is 0 Å². The van der Waals surface area contributed by atoms with Gasteiger partial charge < -0.3 is 9.47 Å². The lowest BCUT2D eigenvalue weighted by atomic mass is 10.0. The van der Waals surface area contributed by atoms with Crippen LogP contribution in [0.4, 0.5) is 25.8 Å². The molecule has 2 atom stereocenters. The van der Waals surface area contributed by atoms with Gasteiger partial charge in [0.25, 0.3) is 11.8 Å². The molecule has 0 spiro atoms. The zero-order valence-electron chi connectivity index (χ0n) is 22.4. The molecule has 0 saturated carbocycles. The Balaban J connectivity index is 1.79. The van der Waals surface area contributed by atoms with Crippen LogP contribution in [0.25, 0.3) is 0 Å². The molecule has 208 valence electrons. The lowest BCUT2D eigenvalue weighted by molar-refractivity contribution is -0.181. The van der Waals surface area contributed by atoms with Crippen molar-refractivity contribution in [3.63, 3.8) is 0 Å². The molecule has 8 nitrogen and oxygen atoms in total. The van der Waals surface area contributed by atoms with Crippen LogP contribution in [-0.4, -0.2) is 35.9 Å². The Morgan fingerprint density at radius 2 is 1.45 bits per heavy atom. The maximum absolute atomic E-state index is 15.5. The van der Waals surface area contributed by atoms with Crippen LogP contribution in [-0.2, 0) is 23.9 Å². The summed E-state index contributed by atoms with van der Waals surface area (Å²) in [6, 6.07) is 19.2. The summed E-state index contributed by atoms with van der Waals surface area (Å²) in [7, 11) is 0. The number of esters is 2. The van der Waals surface area contributed by atoms with Crippen LogP contribution in [0.1, 0.15) is 54.8 Å². The summed E-state index contributed by atoms with van der Waals surface area (Å²) in [4.78, 5) is 52.6. The summed E-state index contributed by atoms with van der Waals surface area (Å²) < 4.78 is 41.2. The molecule has 3 aromatic rings. The lowest BCUT2D eigenvalue weighted by Gasteiger charge is -2.31. The Morgan fingerprint density at radius 1 is 0.850 bits per heavy atom. The highest BCUT2D eigenvalue weighted by molar-refractivity contribution is 6.08. The molecule has 1 aliphatic rings. The standard InChI is InChI=1S/C30H28F2N2O6/c1-18-9-5-7-11-25(18)33(19(2)35)23-15-13-22(14-16-23)29(38)34-26-12-8-6-10-24(26)28(40-21(4)37)30(31,32)17-27(34)39-20(3)36/h5-16,27-28H,17H2,1-4H3. The number of carbonyl (C=O) groups is 4. The van der Waals surface area contributed by atoms with Gasteiger partial charge in [0.05, 0.1) is 17.8 Å². The SMILES string of the molecule is CC(=O)OC1CC(F)(F)C(OC(C)=O)c2ccccc2N1C(=O)c1ccc(N(C(C)=O)c2ccccc2C)cc1. The van der Waals surface area contributed by atoms with Crippen molar-refractivity contribution in [3.05, 3.63) is 89.5 Å². The van der Waals surface area contributed by atoms with E-state index in [1.165, 1.54) is 48.2 Å². The van der Waals surface area contributed by atoms with Gasteiger partial charge in [0.2, 0.25) is 5.91 Å². The molecule has 0 radical (unpaired) electrons. The van der Waals surface area contributed by atoms with Crippen LogP contribution in [0, 0.1) is 6.92 Å². The van der Waals surface area contributed by atoms with Crippen LogP contribution >= 0.6 is 0 Å². The van der Waals surface area contributed by atoms with Crippen molar-refractivity contribution in [2.45, 2.75) is 52.4 Å². The molecule has 10 heteroatoms. The van der Waals surface area contributed by atoms with E-state index in [2.05, 4.69) is 0 Å². The maximum atomic E-state index is 15.5. The van der Waals surface area contributed by atoms with Gasteiger partial charge in [-0.2, -0.15) is 0 Å². The first-order valence-electron chi connectivity index (χ1n) is 12.5. The monoisotopic (exact) mass is 550 g/mol. The molecule has 4 rings (SSSR count). The van der Waals surface area contributed by atoms with Crippen molar-refractivity contribution >= 4 is 40.8 Å². The summed E-state index contributed by atoms with van der Waals surface area (Å²) >= 11 is 0. The molecule has 0 saturated heterocycles. The number of hydrogen-bond donors (Lipinski definition) is 0. The molecule has 0 aromatic heterocycles. The van der Waals surface area contributed by atoms with Crippen molar-refractivity contribution in [2.75, 3.05) is 9.80 Å². The normalized spacial score (nSPS) is 17.7. The van der Waals surface area contributed by atoms with Crippen molar-refractivity contribution in [1.29, 1.82) is 0 Å². The highest BCUT2D eigenvalue weighted by Crippen LogP contribution is 2.47. The van der Waals surface area contributed by atoms with E-state index < -0.39 is 42.5 Å². The number of alkyl halides is 2. The lowest BCUT2D eigenvalue weighted by Crippen LogP contribution is -2.45. The van der Waals surface area contributed by atoms with Gasteiger partial charge in [-0.25, -0.2) is 8.78 Å². The van der Waals surface area contributed by atoms with Gasteiger partial charge in [-0.1, -0.05) is 36.4 Å². The maximum Gasteiger partial charge on any atom is 0.304 e. The number of halogens is 2. The topological polar surface area (TPSA) is 93.2 Å². The van der Waals surface area contributed by atoms with Gasteiger partial charge in [0.15, 0.2) is 12.3 Å². The number of aryl methyl sites for hydroxylation is 1. The third-order valence-corrected chi connectivity index (χ3v) is 6.45. The molecule has 0 bridgehead atoms. The number of fused-ring (bicyclic) bond motifs is 1. The van der Waals surface area contributed by atoms with Gasteiger partial charge in [0, 0.05) is 37.6 Å². The summed E-state index contributed by atoms with van der Waals surface area (Å²) in [5.74, 6) is -6.44. The fourth-order valence-corrected chi connectivity index (χ4v) is 4.78. The first-order valence-corrected chi connectivity index (χ1v) is 12.5. The largest absolute Gasteiger partial charge is 0.451 e. The van der Waals surface area contributed by atoms with Crippen LogP contribution in [0.15, 0.2) is 72.8 Å². The van der Waals surface area contributed by atoms with Gasteiger partial charge >= 0.3 is 11.9 Å². The minimum atomic E-state index is -3.67. The van der Waals surface area contributed by atoms with Crippen LogP contribution in [0.5, 0.6) is 0 Å². The third-order valence-electron chi connectivity index (χ3n) is 6.45. The van der Waals surface area contributed by atoms with Crippen LogP contribution in [0.2, 0.25) is 0 Å². The molecular formula is C30H28F2N2O6. The van der Waals surface area contributed by atoms with Gasteiger partial charge in [-0.05, 0) is 48.9 Å². The molecule has 0 N–H and O–H groups in total. The van der Waals surface area contributed by atoms with Crippen molar-refractivity contribution in [3.8, 4) is 0 Å². The van der Waals surface area contributed by atoms with Gasteiger partial charge in [-0.15, -0.1) is 0 Å². The van der Waals surface area contributed by atoms with E-state index in [1.54, 1.807) is 24.3 Å². The number of para-hydroxylation sites is 2. The highest BCUT2D eigenvalue weighted by atomic mass is 19.3. The van der Waals surface area contributed by atoms with E-state index >= 15 is 8.78 Å². The number of anilines is 3. The number of amides is 2. The highest BCUT2D eigenvalue weighted by Gasteiger charge is 2.52. The van der Waals surface area contributed by atoms with E-state index in [9.17, 15) is 19.2 Å². The molecule has 2 amide bonds. The summed E-state index contributed by atoms with van der Waals surface area (Å²) in [5, 5.41) is 0. The number of carbonyl (C=O) groups excluding carboxylic acids is 4. The predicted molar refractivity (Wildman–Crippen MR) is 143 cm³/mol. The van der Waals surface area contributed by atoms with Crippen molar-refractivity contribution in [2.24, 2.45) is 0 Å². The first kappa shape index (κ1) is 28.4. The van der Waals surface area contributed by atoms with E-state index in [1.807, 2.05) is 19.1 Å². The number of rotatable bonds is 5. The molecule has 0 fully saturated rings. The molecule has 0 aliphatic carbocycles. The smallest absolute Gasteiger partial charge is 0.304 e. The fraction of sp³-hybridized carbons (Fsp3) is 0.267. The molecule has 1 heterocycles. The van der Waals surface area contributed by atoms with E-state index in [0.29, 0.717) is 11.4 Å². The quantitative estimate of drug-likeness (QED) is 0.370. The summed E-state index contributed by atoms with van der Waals surface area (Å²) in [6.07, 6.45) is -4.80. The van der Waals surface area contributed by atoms with Gasteiger partial charge in [-0.3, -0.25) is 29.0 Å². The van der Waals surface area contributed by atoms with Crippen molar-refractivity contribution < 1.29 is 37.4 Å². The predicted octanol–water partition coefficient (Wildman–Crippen LogP) is 5.86. The Kier molecular flexibility index (Phi) is 7.99. The van der Waals surface area contributed by atoms with Crippen molar-refractivity contribution in [1.82, 2.24) is 0 Å². The van der Waals surface area contributed by atoms with Crippen LogP contribution < -0.4 is 9.80 Å².